The van der Waals surface area contributed by atoms with E-state index in [1.54, 1.807) is 30.8 Å². The first kappa shape index (κ1) is 16.1. The van der Waals surface area contributed by atoms with Gasteiger partial charge in [0.25, 0.3) is 0 Å². The molecule has 0 bridgehead atoms. The van der Waals surface area contributed by atoms with Crippen molar-refractivity contribution in [3.63, 3.8) is 0 Å². The minimum atomic E-state index is -3.76. The SMILES string of the molecule is CCOC(=O)C1CSCCN1S(=O)(=O)c1cccc(N)c1. The number of thioether (sulfide) groups is 1. The lowest BCUT2D eigenvalue weighted by Gasteiger charge is -2.32. The molecule has 0 spiro atoms. The second kappa shape index (κ2) is 6.67. The Morgan fingerprint density at radius 2 is 2.29 bits per heavy atom. The zero-order chi connectivity index (χ0) is 15.5. The number of hydrogen-bond acceptors (Lipinski definition) is 6. The van der Waals surface area contributed by atoms with Gasteiger partial charge >= 0.3 is 5.97 Å². The summed E-state index contributed by atoms with van der Waals surface area (Å²) >= 11 is 1.54. The molecule has 116 valence electrons. The van der Waals surface area contributed by atoms with Gasteiger partial charge in [0.2, 0.25) is 10.0 Å². The molecule has 1 aromatic carbocycles. The molecule has 8 heteroatoms. The molecule has 0 radical (unpaired) electrons. The van der Waals surface area contributed by atoms with E-state index in [4.69, 9.17) is 10.5 Å². The number of anilines is 1. The highest BCUT2D eigenvalue weighted by atomic mass is 32.2. The fourth-order valence-electron chi connectivity index (χ4n) is 2.11. The summed E-state index contributed by atoms with van der Waals surface area (Å²) in [7, 11) is -3.76. The maximum absolute atomic E-state index is 12.7. The van der Waals surface area contributed by atoms with Gasteiger partial charge in [-0.05, 0) is 25.1 Å². The third-order valence-electron chi connectivity index (χ3n) is 3.10. The first-order valence-electron chi connectivity index (χ1n) is 6.58. The molecule has 1 aromatic rings. The summed E-state index contributed by atoms with van der Waals surface area (Å²) in [6.07, 6.45) is 0. The van der Waals surface area contributed by atoms with E-state index in [0.29, 0.717) is 17.2 Å². The molecule has 1 fully saturated rings. The number of nitrogen functional groups attached to an aromatic ring is 1. The molecule has 0 saturated carbocycles. The average Bonchev–Trinajstić information content (AvgIpc) is 2.47. The highest BCUT2D eigenvalue weighted by Crippen LogP contribution is 2.26. The van der Waals surface area contributed by atoms with Gasteiger partial charge in [-0.15, -0.1) is 0 Å². The monoisotopic (exact) mass is 330 g/mol. The second-order valence-corrected chi connectivity index (χ2v) is 7.57. The molecular weight excluding hydrogens is 312 g/mol. The Labute approximate surface area is 128 Å². The first-order valence-corrected chi connectivity index (χ1v) is 9.18. The zero-order valence-corrected chi connectivity index (χ0v) is 13.3. The Morgan fingerprint density at radius 1 is 1.52 bits per heavy atom. The number of ether oxygens (including phenoxy) is 1. The van der Waals surface area contributed by atoms with Crippen LogP contribution in [0.3, 0.4) is 0 Å². The van der Waals surface area contributed by atoms with Crippen molar-refractivity contribution in [2.24, 2.45) is 0 Å². The lowest BCUT2D eigenvalue weighted by atomic mass is 10.3. The van der Waals surface area contributed by atoms with Gasteiger partial charge in [-0.1, -0.05) is 6.07 Å². The minimum absolute atomic E-state index is 0.101. The van der Waals surface area contributed by atoms with E-state index < -0.39 is 22.0 Å². The van der Waals surface area contributed by atoms with Crippen LogP contribution in [0.5, 0.6) is 0 Å². The summed E-state index contributed by atoms with van der Waals surface area (Å²) in [5, 5.41) is 0. The van der Waals surface area contributed by atoms with Crippen molar-refractivity contribution < 1.29 is 17.9 Å². The third-order valence-corrected chi connectivity index (χ3v) is 6.03. The highest BCUT2D eigenvalue weighted by Gasteiger charge is 2.38. The lowest BCUT2D eigenvalue weighted by molar-refractivity contribution is -0.146. The lowest BCUT2D eigenvalue weighted by Crippen LogP contribution is -2.50. The predicted molar refractivity (Wildman–Crippen MR) is 82.5 cm³/mol. The van der Waals surface area contributed by atoms with Gasteiger partial charge in [-0.3, -0.25) is 4.79 Å². The third kappa shape index (κ3) is 3.50. The molecule has 0 amide bonds. The summed E-state index contributed by atoms with van der Waals surface area (Å²) in [5.41, 5.74) is 6.02. The van der Waals surface area contributed by atoms with E-state index in [0.717, 1.165) is 0 Å². The minimum Gasteiger partial charge on any atom is -0.465 e. The number of esters is 1. The van der Waals surface area contributed by atoms with Crippen molar-refractivity contribution in [1.29, 1.82) is 0 Å². The number of hydrogen-bond donors (Lipinski definition) is 1. The second-order valence-electron chi connectivity index (χ2n) is 4.53. The fourth-order valence-corrected chi connectivity index (χ4v) is 4.99. The molecule has 0 aromatic heterocycles. The van der Waals surface area contributed by atoms with E-state index in [2.05, 4.69) is 0 Å². The fraction of sp³-hybridized carbons (Fsp3) is 0.462. The number of sulfonamides is 1. The summed E-state index contributed by atoms with van der Waals surface area (Å²) < 4.78 is 31.6. The number of carbonyl (C=O) groups is 1. The maximum atomic E-state index is 12.7. The van der Waals surface area contributed by atoms with E-state index in [-0.39, 0.29) is 18.0 Å². The highest BCUT2D eigenvalue weighted by molar-refractivity contribution is 7.99. The maximum Gasteiger partial charge on any atom is 0.325 e. The van der Waals surface area contributed by atoms with E-state index in [1.807, 2.05) is 0 Å². The molecule has 1 saturated heterocycles. The van der Waals surface area contributed by atoms with Crippen LogP contribution in [0.4, 0.5) is 5.69 Å². The number of carbonyl (C=O) groups excluding carboxylic acids is 1. The quantitative estimate of drug-likeness (QED) is 0.653. The average molecular weight is 330 g/mol. The molecule has 21 heavy (non-hydrogen) atoms. The Hall–Kier alpha value is -1.25. The largest absolute Gasteiger partial charge is 0.465 e. The Kier molecular flexibility index (Phi) is 5.13. The van der Waals surface area contributed by atoms with Gasteiger partial charge in [0, 0.05) is 23.7 Å². The van der Waals surface area contributed by atoms with Crippen molar-refractivity contribution in [2.45, 2.75) is 17.9 Å². The van der Waals surface area contributed by atoms with Crippen LogP contribution in [-0.2, 0) is 19.6 Å². The molecule has 0 aliphatic carbocycles. The van der Waals surface area contributed by atoms with Gasteiger partial charge in [-0.25, -0.2) is 8.42 Å². The molecule has 1 aliphatic heterocycles. The van der Waals surface area contributed by atoms with E-state index in [1.165, 1.54) is 16.4 Å². The van der Waals surface area contributed by atoms with Crippen LogP contribution in [0.25, 0.3) is 0 Å². The van der Waals surface area contributed by atoms with Gasteiger partial charge in [0.1, 0.15) is 6.04 Å². The first-order chi connectivity index (χ1) is 9.96. The molecule has 2 N–H and O–H groups in total. The topological polar surface area (TPSA) is 89.7 Å². The molecule has 1 atom stereocenters. The smallest absolute Gasteiger partial charge is 0.325 e. The predicted octanol–water partition coefficient (Wildman–Crippen LogP) is 0.938. The Balaban J connectivity index is 2.34. The summed E-state index contributed by atoms with van der Waals surface area (Å²) in [6.45, 7) is 2.21. The molecule has 1 unspecified atom stereocenters. The molecule has 1 aliphatic rings. The van der Waals surface area contributed by atoms with Crippen LogP contribution in [0.2, 0.25) is 0 Å². The number of rotatable bonds is 4. The van der Waals surface area contributed by atoms with Crippen LogP contribution in [0, 0.1) is 0 Å². The van der Waals surface area contributed by atoms with Crippen molar-refractivity contribution >= 4 is 33.4 Å². The number of nitrogens with two attached hydrogens (primary N) is 1. The van der Waals surface area contributed by atoms with Crippen molar-refractivity contribution in [3.05, 3.63) is 24.3 Å². The van der Waals surface area contributed by atoms with E-state index in [9.17, 15) is 13.2 Å². The summed E-state index contributed by atoms with van der Waals surface area (Å²) in [6, 6.07) is 5.30. The van der Waals surface area contributed by atoms with Crippen molar-refractivity contribution in [1.82, 2.24) is 4.31 Å². The van der Waals surface area contributed by atoms with Gasteiger partial charge in [-0.2, -0.15) is 16.1 Å². The van der Waals surface area contributed by atoms with Crippen molar-refractivity contribution in [3.8, 4) is 0 Å². The van der Waals surface area contributed by atoms with Crippen LogP contribution in [-0.4, -0.2) is 49.4 Å². The Morgan fingerprint density at radius 3 is 2.95 bits per heavy atom. The molecule has 6 nitrogen and oxygen atoms in total. The van der Waals surface area contributed by atoms with Gasteiger partial charge in [0.05, 0.1) is 11.5 Å². The van der Waals surface area contributed by atoms with Crippen molar-refractivity contribution in [2.75, 3.05) is 30.4 Å². The van der Waals surface area contributed by atoms with Crippen LogP contribution < -0.4 is 5.73 Å². The van der Waals surface area contributed by atoms with Crippen LogP contribution in [0.15, 0.2) is 29.2 Å². The standard InChI is InChI=1S/C13H18N2O4S2/c1-2-19-13(16)12-9-20-7-6-15(12)21(17,18)11-5-3-4-10(14)8-11/h3-5,8,12H,2,6-7,9,14H2,1H3. The van der Waals surface area contributed by atoms with Gasteiger partial charge < -0.3 is 10.5 Å². The molecule has 2 rings (SSSR count). The van der Waals surface area contributed by atoms with Crippen LogP contribution >= 0.6 is 11.8 Å². The normalized spacial score (nSPS) is 20.1. The van der Waals surface area contributed by atoms with Crippen LogP contribution in [0.1, 0.15) is 6.92 Å². The van der Waals surface area contributed by atoms with E-state index >= 15 is 0 Å². The summed E-state index contributed by atoms with van der Waals surface area (Å²) in [5.74, 6) is 0.551. The molecular formula is C13H18N2O4S2. The molecule has 1 heterocycles. The number of benzene rings is 1. The Bertz CT molecular complexity index is 618. The summed E-state index contributed by atoms with van der Waals surface area (Å²) in [4.78, 5) is 12.1. The number of nitrogens with zero attached hydrogens (tertiary/aromatic N) is 1. The zero-order valence-electron chi connectivity index (χ0n) is 11.7. The van der Waals surface area contributed by atoms with Gasteiger partial charge in [0.15, 0.2) is 0 Å².